The van der Waals surface area contributed by atoms with Gasteiger partial charge in [-0.25, -0.2) is 9.78 Å². The van der Waals surface area contributed by atoms with Gasteiger partial charge in [-0.3, -0.25) is 4.79 Å². The minimum Gasteiger partial charge on any atom is -0.494 e. The van der Waals surface area contributed by atoms with Crippen molar-refractivity contribution in [1.29, 1.82) is 0 Å². The predicted molar refractivity (Wildman–Crippen MR) is 108 cm³/mol. The smallest absolute Gasteiger partial charge is 0.337 e. The van der Waals surface area contributed by atoms with Gasteiger partial charge in [-0.15, -0.1) is 11.3 Å². The zero-order valence-electron chi connectivity index (χ0n) is 14.9. The maximum absolute atomic E-state index is 12.1. The summed E-state index contributed by atoms with van der Waals surface area (Å²) in [6, 6.07) is 12.3. The Morgan fingerprint density at radius 2 is 1.96 bits per heavy atom. The Bertz CT molecular complexity index is 954. The van der Waals surface area contributed by atoms with Crippen LogP contribution >= 0.6 is 23.1 Å². The monoisotopic (exact) mass is 402 g/mol. The lowest BCUT2D eigenvalue weighted by molar-refractivity contribution is -0.113. The number of benzene rings is 2. The number of carbonyl (C=O) groups is 2. The highest BCUT2D eigenvalue weighted by Crippen LogP contribution is 2.31. The number of thioether (sulfide) groups is 1. The molecule has 1 heterocycles. The number of hydrogen-bond acceptors (Lipinski definition) is 7. The minimum absolute atomic E-state index is 0.139. The number of rotatable bonds is 7. The number of aromatic nitrogens is 1. The average molecular weight is 402 g/mol. The van der Waals surface area contributed by atoms with Crippen LogP contribution in [0.4, 0.5) is 5.69 Å². The lowest BCUT2D eigenvalue weighted by atomic mass is 10.2. The van der Waals surface area contributed by atoms with Gasteiger partial charge in [-0.1, -0.05) is 11.8 Å². The fourth-order valence-electron chi connectivity index (χ4n) is 2.33. The topological polar surface area (TPSA) is 77.5 Å². The zero-order chi connectivity index (χ0) is 19.2. The van der Waals surface area contributed by atoms with Crippen LogP contribution < -0.4 is 10.1 Å². The molecule has 3 rings (SSSR count). The predicted octanol–water partition coefficient (Wildman–Crippen LogP) is 4.21. The standard InChI is InChI=1S/C19H18N2O4S2/c1-3-25-14-8-9-15-16(10-14)27-19(21-15)26-11-17(22)20-13-6-4-12(5-7-13)18(23)24-2/h4-10H,3,11H2,1-2H3,(H,20,22). The number of ether oxygens (including phenoxy) is 2. The molecule has 0 radical (unpaired) electrons. The average Bonchev–Trinajstić information content (AvgIpc) is 3.09. The molecule has 0 spiro atoms. The van der Waals surface area contributed by atoms with Crippen LogP contribution in [-0.4, -0.2) is 36.3 Å². The van der Waals surface area contributed by atoms with Crippen molar-refractivity contribution in [3.63, 3.8) is 0 Å². The van der Waals surface area contributed by atoms with E-state index in [1.807, 2.05) is 25.1 Å². The summed E-state index contributed by atoms with van der Waals surface area (Å²) in [5, 5.41) is 2.80. The van der Waals surface area contributed by atoms with Gasteiger partial charge in [0.05, 0.1) is 35.2 Å². The lowest BCUT2D eigenvalue weighted by Crippen LogP contribution is -2.14. The van der Waals surface area contributed by atoms with Gasteiger partial charge >= 0.3 is 5.97 Å². The number of amides is 1. The van der Waals surface area contributed by atoms with Crippen LogP contribution in [0.1, 0.15) is 17.3 Å². The highest BCUT2D eigenvalue weighted by atomic mass is 32.2. The van der Waals surface area contributed by atoms with E-state index in [0.717, 1.165) is 20.3 Å². The Hall–Kier alpha value is -2.58. The van der Waals surface area contributed by atoms with E-state index in [2.05, 4.69) is 15.0 Å². The van der Waals surface area contributed by atoms with Crippen LogP contribution in [0.25, 0.3) is 10.2 Å². The van der Waals surface area contributed by atoms with Gasteiger partial charge in [0.15, 0.2) is 4.34 Å². The Kier molecular flexibility index (Phi) is 6.31. The number of methoxy groups -OCH3 is 1. The fraction of sp³-hybridized carbons (Fsp3) is 0.211. The molecule has 0 aliphatic carbocycles. The summed E-state index contributed by atoms with van der Waals surface area (Å²) in [7, 11) is 1.33. The summed E-state index contributed by atoms with van der Waals surface area (Å²) in [6.07, 6.45) is 0. The second-order valence-electron chi connectivity index (χ2n) is 5.45. The first-order chi connectivity index (χ1) is 13.1. The van der Waals surface area contributed by atoms with Gasteiger partial charge < -0.3 is 14.8 Å². The molecule has 8 heteroatoms. The van der Waals surface area contributed by atoms with Crippen LogP contribution in [-0.2, 0) is 9.53 Å². The fourth-order valence-corrected chi connectivity index (χ4v) is 4.23. The first-order valence-corrected chi connectivity index (χ1v) is 10.0. The Morgan fingerprint density at radius 1 is 1.19 bits per heavy atom. The maximum Gasteiger partial charge on any atom is 0.337 e. The Morgan fingerprint density at radius 3 is 2.67 bits per heavy atom. The second-order valence-corrected chi connectivity index (χ2v) is 7.70. The van der Waals surface area contributed by atoms with Crippen molar-refractivity contribution in [2.75, 3.05) is 24.8 Å². The molecule has 2 aromatic carbocycles. The van der Waals surface area contributed by atoms with E-state index < -0.39 is 5.97 Å². The minimum atomic E-state index is -0.410. The number of nitrogens with zero attached hydrogens (tertiary/aromatic N) is 1. The van der Waals surface area contributed by atoms with E-state index in [0.29, 0.717) is 17.9 Å². The molecule has 0 saturated carbocycles. The van der Waals surface area contributed by atoms with Crippen molar-refractivity contribution in [2.24, 2.45) is 0 Å². The van der Waals surface area contributed by atoms with E-state index >= 15 is 0 Å². The van der Waals surface area contributed by atoms with E-state index in [4.69, 9.17) is 4.74 Å². The van der Waals surface area contributed by atoms with Crippen LogP contribution in [0.3, 0.4) is 0 Å². The molecular weight excluding hydrogens is 384 g/mol. The molecule has 1 amide bonds. The summed E-state index contributed by atoms with van der Waals surface area (Å²) in [6.45, 7) is 2.56. The summed E-state index contributed by atoms with van der Waals surface area (Å²) < 4.78 is 12.0. The van der Waals surface area contributed by atoms with Gasteiger partial charge in [-0.2, -0.15) is 0 Å². The van der Waals surface area contributed by atoms with Crippen LogP contribution in [0.5, 0.6) is 5.75 Å². The quantitative estimate of drug-likeness (QED) is 0.471. The van der Waals surface area contributed by atoms with Crippen molar-refractivity contribution >= 4 is 50.9 Å². The number of nitrogens with one attached hydrogen (secondary N) is 1. The molecule has 0 aliphatic heterocycles. The number of thiazole rings is 1. The van der Waals surface area contributed by atoms with Gasteiger partial charge in [-0.05, 0) is 49.4 Å². The molecule has 0 atom stereocenters. The number of fused-ring (bicyclic) bond motifs is 1. The van der Waals surface area contributed by atoms with Gasteiger partial charge in [0.2, 0.25) is 5.91 Å². The molecule has 27 heavy (non-hydrogen) atoms. The molecule has 1 N–H and O–H groups in total. The van der Waals surface area contributed by atoms with Gasteiger partial charge in [0, 0.05) is 5.69 Å². The number of anilines is 1. The molecule has 6 nitrogen and oxygen atoms in total. The first-order valence-electron chi connectivity index (χ1n) is 8.23. The second kappa shape index (κ2) is 8.88. The third kappa shape index (κ3) is 4.99. The first kappa shape index (κ1) is 19.2. The Labute approximate surface area is 164 Å². The molecular formula is C19H18N2O4S2. The van der Waals surface area contributed by atoms with Crippen molar-refractivity contribution in [3.8, 4) is 5.75 Å². The normalized spacial score (nSPS) is 10.6. The third-order valence-corrected chi connectivity index (χ3v) is 5.73. The summed E-state index contributed by atoms with van der Waals surface area (Å²) in [5.41, 5.74) is 1.95. The highest BCUT2D eigenvalue weighted by molar-refractivity contribution is 8.01. The van der Waals surface area contributed by atoms with Crippen molar-refractivity contribution in [2.45, 2.75) is 11.3 Å². The van der Waals surface area contributed by atoms with Gasteiger partial charge in [0.1, 0.15) is 5.75 Å². The van der Waals surface area contributed by atoms with E-state index in [1.54, 1.807) is 24.3 Å². The largest absolute Gasteiger partial charge is 0.494 e. The zero-order valence-corrected chi connectivity index (χ0v) is 16.5. The lowest BCUT2D eigenvalue weighted by Gasteiger charge is -2.05. The molecule has 0 aliphatic rings. The van der Waals surface area contributed by atoms with Crippen LogP contribution in [0.2, 0.25) is 0 Å². The molecule has 0 bridgehead atoms. The SMILES string of the molecule is CCOc1ccc2nc(SCC(=O)Nc3ccc(C(=O)OC)cc3)sc2c1. The Balaban J connectivity index is 1.57. The van der Waals surface area contributed by atoms with Crippen molar-refractivity contribution in [3.05, 3.63) is 48.0 Å². The van der Waals surface area contributed by atoms with Crippen LogP contribution in [0, 0.1) is 0 Å². The summed E-state index contributed by atoms with van der Waals surface area (Å²) in [5.74, 6) is 0.516. The van der Waals surface area contributed by atoms with E-state index in [1.165, 1.54) is 30.2 Å². The molecule has 140 valence electrons. The van der Waals surface area contributed by atoms with Crippen molar-refractivity contribution in [1.82, 2.24) is 4.98 Å². The maximum atomic E-state index is 12.1. The third-order valence-electron chi connectivity index (χ3n) is 3.57. The summed E-state index contributed by atoms with van der Waals surface area (Å²) in [4.78, 5) is 28.1. The molecule has 1 aromatic heterocycles. The number of carbonyl (C=O) groups excluding carboxylic acids is 2. The van der Waals surface area contributed by atoms with E-state index in [9.17, 15) is 9.59 Å². The van der Waals surface area contributed by atoms with Crippen molar-refractivity contribution < 1.29 is 19.1 Å². The highest BCUT2D eigenvalue weighted by Gasteiger charge is 2.10. The van der Waals surface area contributed by atoms with Gasteiger partial charge in [0.25, 0.3) is 0 Å². The van der Waals surface area contributed by atoms with E-state index in [-0.39, 0.29) is 11.7 Å². The van der Waals surface area contributed by atoms with Crippen LogP contribution in [0.15, 0.2) is 46.8 Å². The molecule has 3 aromatic rings. The number of hydrogen-bond donors (Lipinski definition) is 1. The molecule has 0 unspecified atom stereocenters. The number of esters is 1. The summed E-state index contributed by atoms with van der Waals surface area (Å²) >= 11 is 2.92. The molecule has 0 saturated heterocycles. The molecule has 0 fully saturated rings.